The van der Waals surface area contributed by atoms with Crippen LogP contribution < -0.4 is 4.90 Å². The van der Waals surface area contributed by atoms with E-state index in [2.05, 4.69) is 38.2 Å². The maximum atomic E-state index is 5.84. The van der Waals surface area contributed by atoms with Crippen molar-refractivity contribution < 1.29 is 9.47 Å². The second-order valence-electron chi connectivity index (χ2n) is 6.43. The average Bonchev–Trinajstić information content (AvgIpc) is 3.32. The summed E-state index contributed by atoms with van der Waals surface area (Å²) in [7, 11) is 0. The normalized spacial score (nSPS) is 19.8. The van der Waals surface area contributed by atoms with Crippen LogP contribution in [-0.2, 0) is 9.47 Å². The first-order valence-corrected chi connectivity index (χ1v) is 8.62. The molecule has 4 heterocycles. The molecule has 2 aliphatic rings. The summed E-state index contributed by atoms with van der Waals surface area (Å²) in [4.78, 5) is 11.3. The predicted molar refractivity (Wildman–Crippen MR) is 92.3 cm³/mol. The molecule has 7 heteroatoms. The minimum absolute atomic E-state index is 0.382. The zero-order valence-corrected chi connectivity index (χ0v) is 13.8. The summed E-state index contributed by atoms with van der Waals surface area (Å²) in [6.45, 7) is 3.10. The van der Waals surface area contributed by atoms with Gasteiger partial charge in [-0.2, -0.15) is 14.6 Å². The summed E-state index contributed by atoms with van der Waals surface area (Å²) in [6.07, 6.45) is 3.26. The van der Waals surface area contributed by atoms with Gasteiger partial charge >= 0.3 is 0 Å². The van der Waals surface area contributed by atoms with Crippen molar-refractivity contribution >= 4 is 11.6 Å². The van der Waals surface area contributed by atoms with Gasteiger partial charge in [0, 0.05) is 37.6 Å². The van der Waals surface area contributed by atoms with E-state index in [-0.39, 0.29) is 5.79 Å². The van der Waals surface area contributed by atoms with Crippen LogP contribution in [0.4, 0.5) is 5.82 Å². The number of hydrogen-bond acceptors (Lipinski definition) is 6. The number of nitrogens with zero attached hydrogens (tertiary/aromatic N) is 5. The molecule has 0 aliphatic carbocycles. The molecule has 2 saturated heterocycles. The van der Waals surface area contributed by atoms with Crippen LogP contribution in [0.3, 0.4) is 0 Å². The Kier molecular flexibility index (Phi) is 3.43. The van der Waals surface area contributed by atoms with Gasteiger partial charge in [-0.3, -0.25) is 0 Å². The summed E-state index contributed by atoms with van der Waals surface area (Å²) in [6, 6.07) is 12.3. The Morgan fingerprint density at radius 1 is 1.00 bits per heavy atom. The molecule has 128 valence electrons. The third-order valence-corrected chi connectivity index (χ3v) is 4.97. The molecule has 0 radical (unpaired) electrons. The standard InChI is InChI=1S/C18H19N5O2/c1-2-4-14(5-3-1)15-12-16(23-17(21-15)19-13-20-23)22-8-6-18(7-9-22)24-10-11-25-18/h1-5,12-13H,6-11H2. The lowest BCUT2D eigenvalue weighted by atomic mass is 10.0. The average molecular weight is 337 g/mol. The van der Waals surface area contributed by atoms with Crippen LogP contribution in [0.25, 0.3) is 17.0 Å². The summed E-state index contributed by atoms with van der Waals surface area (Å²) < 4.78 is 13.5. The van der Waals surface area contributed by atoms with E-state index in [9.17, 15) is 0 Å². The van der Waals surface area contributed by atoms with E-state index < -0.39 is 0 Å². The highest BCUT2D eigenvalue weighted by Gasteiger charge is 2.40. The molecule has 0 saturated carbocycles. The summed E-state index contributed by atoms with van der Waals surface area (Å²) in [5.41, 5.74) is 1.98. The summed E-state index contributed by atoms with van der Waals surface area (Å²) in [5, 5.41) is 4.36. The van der Waals surface area contributed by atoms with E-state index in [1.807, 2.05) is 18.2 Å². The van der Waals surface area contributed by atoms with E-state index in [1.54, 1.807) is 10.8 Å². The lowest BCUT2D eigenvalue weighted by Crippen LogP contribution is -2.45. The van der Waals surface area contributed by atoms with Crippen LogP contribution in [0, 0.1) is 0 Å². The lowest BCUT2D eigenvalue weighted by Gasteiger charge is -2.38. The number of benzene rings is 1. The number of piperidine rings is 1. The number of hydrogen-bond donors (Lipinski definition) is 0. The van der Waals surface area contributed by atoms with E-state index in [0.717, 1.165) is 43.0 Å². The van der Waals surface area contributed by atoms with Gasteiger partial charge in [0.1, 0.15) is 12.1 Å². The second-order valence-corrected chi connectivity index (χ2v) is 6.43. The molecule has 0 N–H and O–H groups in total. The highest BCUT2D eigenvalue weighted by Crippen LogP contribution is 2.34. The van der Waals surface area contributed by atoms with Gasteiger partial charge in [-0.15, -0.1) is 0 Å². The largest absolute Gasteiger partial charge is 0.356 e. The minimum atomic E-state index is -0.382. The first-order chi connectivity index (χ1) is 12.3. The first kappa shape index (κ1) is 14.8. The third kappa shape index (κ3) is 2.56. The van der Waals surface area contributed by atoms with Crippen molar-refractivity contribution in [1.29, 1.82) is 0 Å². The predicted octanol–water partition coefficient (Wildman–Crippen LogP) is 2.13. The second kappa shape index (κ2) is 5.79. The number of ether oxygens (including phenoxy) is 2. The highest BCUT2D eigenvalue weighted by atomic mass is 16.7. The fourth-order valence-corrected chi connectivity index (χ4v) is 3.64. The van der Waals surface area contributed by atoms with Crippen molar-refractivity contribution in [3.8, 4) is 11.3 Å². The number of rotatable bonds is 2. The fraction of sp³-hybridized carbons (Fsp3) is 0.389. The van der Waals surface area contributed by atoms with E-state index in [4.69, 9.17) is 9.47 Å². The Balaban J connectivity index is 1.51. The van der Waals surface area contributed by atoms with Crippen molar-refractivity contribution in [1.82, 2.24) is 19.6 Å². The van der Waals surface area contributed by atoms with Crippen LogP contribution in [0.2, 0.25) is 0 Å². The quantitative estimate of drug-likeness (QED) is 0.714. The van der Waals surface area contributed by atoms with Gasteiger partial charge in [-0.25, -0.2) is 4.98 Å². The van der Waals surface area contributed by atoms with Gasteiger partial charge in [0.2, 0.25) is 0 Å². The molecule has 1 aromatic carbocycles. The molecule has 2 fully saturated rings. The van der Waals surface area contributed by atoms with Crippen molar-refractivity contribution in [2.45, 2.75) is 18.6 Å². The van der Waals surface area contributed by atoms with Gasteiger partial charge in [0.05, 0.1) is 18.9 Å². The van der Waals surface area contributed by atoms with Gasteiger partial charge in [-0.1, -0.05) is 30.3 Å². The highest BCUT2D eigenvalue weighted by molar-refractivity contribution is 5.65. The Morgan fingerprint density at radius 3 is 2.52 bits per heavy atom. The molecule has 3 aromatic rings. The molecule has 1 spiro atoms. The minimum Gasteiger partial charge on any atom is -0.356 e. The molecule has 25 heavy (non-hydrogen) atoms. The van der Waals surface area contributed by atoms with Crippen LogP contribution in [0.5, 0.6) is 0 Å². The Morgan fingerprint density at radius 2 is 1.76 bits per heavy atom. The molecule has 5 rings (SSSR count). The van der Waals surface area contributed by atoms with Crippen molar-refractivity contribution in [3.05, 3.63) is 42.7 Å². The third-order valence-electron chi connectivity index (χ3n) is 4.97. The number of aromatic nitrogens is 4. The monoisotopic (exact) mass is 337 g/mol. The molecular weight excluding hydrogens is 318 g/mol. The van der Waals surface area contributed by atoms with E-state index >= 15 is 0 Å². The maximum absolute atomic E-state index is 5.84. The van der Waals surface area contributed by atoms with Gasteiger partial charge in [-0.05, 0) is 0 Å². The topological polar surface area (TPSA) is 64.8 Å². The molecule has 7 nitrogen and oxygen atoms in total. The smallest absolute Gasteiger partial charge is 0.254 e. The van der Waals surface area contributed by atoms with Crippen molar-refractivity contribution in [2.75, 3.05) is 31.2 Å². The van der Waals surface area contributed by atoms with Crippen LogP contribution in [-0.4, -0.2) is 51.7 Å². The molecular formula is C18H19N5O2. The summed E-state index contributed by atoms with van der Waals surface area (Å²) >= 11 is 0. The van der Waals surface area contributed by atoms with Crippen LogP contribution in [0.1, 0.15) is 12.8 Å². The molecule has 0 bridgehead atoms. The molecule has 0 amide bonds. The number of anilines is 1. The number of fused-ring (bicyclic) bond motifs is 1. The Bertz CT molecular complexity index is 879. The van der Waals surface area contributed by atoms with Crippen molar-refractivity contribution in [3.63, 3.8) is 0 Å². The van der Waals surface area contributed by atoms with Crippen molar-refractivity contribution in [2.24, 2.45) is 0 Å². The zero-order valence-electron chi connectivity index (χ0n) is 13.8. The molecule has 2 aromatic heterocycles. The first-order valence-electron chi connectivity index (χ1n) is 8.62. The molecule has 2 aliphatic heterocycles. The lowest BCUT2D eigenvalue weighted by molar-refractivity contribution is -0.169. The van der Waals surface area contributed by atoms with E-state index in [0.29, 0.717) is 19.0 Å². The molecule has 0 atom stereocenters. The fourth-order valence-electron chi connectivity index (χ4n) is 3.64. The SMILES string of the molecule is c1ccc(-c2cc(N3CCC4(CC3)OCCO4)n3ncnc3n2)cc1. The Labute approximate surface area is 145 Å². The summed E-state index contributed by atoms with van der Waals surface area (Å²) in [5.74, 6) is 1.24. The zero-order chi connectivity index (χ0) is 16.7. The van der Waals surface area contributed by atoms with Gasteiger partial charge in [0.25, 0.3) is 5.78 Å². The maximum Gasteiger partial charge on any atom is 0.254 e. The molecule has 0 unspecified atom stereocenters. The Hall–Kier alpha value is -2.51. The van der Waals surface area contributed by atoms with Crippen LogP contribution >= 0.6 is 0 Å². The van der Waals surface area contributed by atoms with Gasteiger partial charge in [0.15, 0.2) is 5.79 Å². The van der Waals surface area contributed by atoms with Crippen LogP contribution in [0.15, 0.2) is 42.7 Å². The van der Waals surface area contributed by atoms with Gasteiger partial charge < -0.3 is 14.4 Å². The van der Waals surface area contributed by atoms with E-state index in [1.165, 1.54) is 0 Å².